The van der Waals surface area contributed by atoms with Crippen molar-refractivity contribution in [3.05, 3.63) is 35.1 Å². The zero-order chi connectivity index (χ0) is 13.3. The normalized spacial score (nSPS) is 21.1. The Morgan fingerprint density at radius 2 is 2.06 bits per heavy atom. The van der Waals surface area contributed by atoms with Crippen molar-refractivity contribution in [2.75, 3.05) is 20.1 Å². The Morgan fingerprint density at radius 3 is 2.78 bits per heavy atom. The number of nitrogens with zero attached hydrogens (tertiary/aromatic N) is 2. The van der Waals surface area contributed by atoms with Crippen LogP contribution < -0.4 is 0 Å². The molecular weight excluding hydrogens is 255 g/mol. The van der Waals surface area contributed by atoms with Gasteiger partial charge in [-0.2, -0.15) is 17.0 Å². The van der Waals surface area contributed by atoms with E-state index in [9.17, 15) is 12.8 Å². The average molecular weight is 272 g/mol. The monoisotopic (exact) mass is 272 g/mol. The minimum atomic E-state index is -3.43. The fourth-order valence-corrected chi connectivity index (χ4v) is 3.49. The summed E-state index contributed by atoms with van der Waals surface area (Å²) in [6.45, 7) is 2.93. The van der Waals surface area contributed by atoms with Crippen LogP contribution in [-0.2, 0) is 16.8 Å². The van der Waals surface area contributed by atoms with E-state index in [0.29, 0.717) is 18.7 Å². The average Bonchev–Trinajstić information content (AvgIpc) is 2.30. The van der Waals surface area contributed by atoms with Crippen LogP contribution in [0.15, 0.2) is 18.2 Å². The minimum absolute atomic E-state index is 0.0974. The standard InChI is InChI=1S/C12H17FN2O2S/c1-10-4-5-12(13)11(8-10)9-15-7-3-6-14(2)18(15,16)17/h4-5,8H,3,6-7,9H2,1-2H3. The van der Waals surface area contributed by atoms with Crippen LogP contribution in [0.4, 0.5) is 4.39 Å². The summed E-state index contributed by atoms with van der Waals surface area (Å²) in [6.07, 6.45) is 0.767. The lowest BCUT2D eigenvalue weighted by atomic mass is 10.1. The lowest BCUT2D eigenvalue weighted by Crippen LogP contribution is -2.47. The van der Waals surface area contributed by atoms with E-state index in [1.165, 1.54) is 14.7 Å². The molecule has 0 saturated carbocycles. The summed E-state index contributed by atoms with van der Waals surface area (Å²) in [5, 5.41) is 0. The Kier molecular flexibility index (Phi) is 3.70. The second-order valence-electron chi connectivity index (χ2n) is 4.61. The van der Waals surface area contributed by atoms with Crippen LogP contribution in [0.2, 0.25) is 0 Å². The van der Waals surface area contributed by atoms with E-state index < -0.39 is 10.2 Å². The smallest absolute Gasteiger partial charge is 0.207 e. The minimum Gasteiger partial charge on any atom is -0.207 e. The van der Waals surface area contributed by atoms with E-state index in [-0.39, 0.29) is 12.4 Å². The highest BCUT2D eigenvalue weighted by atomic mass is 32.2. The van der Waals surface area contributed by atoms with Gasteiger partial charge in [-0.15, -0.1) is 0 Å². The number of hydrogen-bond donors (Lipinski definition) is 0. The van der Waals surface area contributed by atoms with Crippen molar-refractivity contribution in [2.24, 2.45) is 0 Å². The molecule has 2 rings (SSSR count). The molecule has 18 heavy (non-hydrogen) atoms. The van der Waals surface area contributed by atoms with Crippen LogP contribution in [0.1, 0.15) is 17.5 Å². The topological polar surface area (TPSA) is 40.6 Å². The van der Waals surface area contributed by atoms with Gasteiger partial charge in [0.1, 0.15) is 5.82 Å². The van der Waals surface area contributed by atoms with Gasteiger partial charge in [0, 0.05) is 32.2 Å². The fraction of sp³-hybridized carbons (Fsp3) is 0.500. The van der Waals surface area contributed by atoms with Crippen molar-refractivity contribution in [3.63, 3.8) is 0 Å². The largest absolute Gasteiger partial charge is 0.282 e. The van der Waals surface area contributed by atoms with Crippen LogP contribution in [0.5, 0.6) is 0 Å². The number of hydrogen-bond acceptors (Lipinski definition) is 2. The summed E-state index contributed by atoms with van der Waals surface area (Å²) < 4.78 is 40.4. The van der Waals surface area contributed by atoms with E-state index in [4.69, 9.17) is 0 Å². The quantitative estimate of drug-likeness (QED) is 0.819. The molecule has 1 aromatic carbocycles. The van der Waals surface area contributed by atoms with E-state index in [1.807, 2.05) is 6.92 Å². The molecule has 1 aromatic rings. The molecule has 0 aromatic heterocycles. The third kappa shape index (κ3) is 2.55. The van der Waals surface area contributed by atoms with Crippen LogP contribution in [0.25, 0.3) is 0 Å². The van der Waals surface area contributed by atoms with Crippen LogP contribution in [0, 0.1) is 12.7 Å². The summed E-state index contributed by atoms with van der Waals surface area (Å²) in [4.78, 5) is 0. The molecule has 4 nitrogen and oxygen atoms in total. The maximum absolute atomic E-state index is 13.6. The van der Waals surface area contributed by atoms with Gasteiger partial charge in [-0.25, -0.2) is 4.39 Å². The van der Waals surface area contributed by atoms with E-state index in [0.717, 1.165) is 12.0 Å². The van der Waals surface area contributed by atoms with Crippen molar-refractivity contribution >= 4 is 10.2 Å². The van der Waals surface area contributed by atoms with E-state index in [1.54, 1.807) is 19.2 Å². The molecule has 100 valence electrons. The van der Waals surface area contributed by atoms with Crippen molar-refractivity contribution in [3.8, 4) is 0 Å². The molecule has 6 heteroatoms. The number of halogens is 1. The van der Waals surface area contributed by atoms with Crippen molar-refractivity contribution in [1.82, 2.24) is 8.61 Å². The first-order valence-corrected chi connectivity index (χ1v) is 7.27. The summed E-state index contributed by atoms with van der Waals surface area (Å²) in [6, 6.07) is 4.75. The zero-order valence-corrected chi connectivity index (χ0v) is 11.4. The highest BCUT2D eigenvalue weighted by Gasteiger charge is 2.31. The maximum Gasteiger partial charge on any atom is 0.282 e. The molecule has 1 heterocycles. The predicted molar refractivity (Wildman–Crippen MR) is 67.7 cm³/mol. The molecule has 0 N–H and O–H groups in total. The van der Waals surface area contributed by atoms with Crippen LogP contribution in [0.3, 0.4) is 0 Å². The molecule has 1 aliphatic rings. The van der Waals surface area contributed by atoms with E-state index >= 15 is 0 Å². The van der Waals surface area contributed by atoms with Gasteiger partial charge in [-0.1, -0.05) is 17.7 Å². The second-order valence-corrected chi connectivity index (χ2v) is 6.65. The third-order valence-corrected chi connectivity index (χ3v) is 5.08. The highest BCUT2D eigenvalue weighted by Crippen LogP contribution is 2.19. The molecule has 0 amide bonds. The molecule has 0 aliphatic carbocycles. The molecule has 1 saturated heterocycles. The van der Waals surface area contributed by atoms with Gasteiger partial charge in [0.05, 0.1) is 0 Å². The van der Waals surface area contributed by atoms with Gasteiger partial charge in [-0.3, -0.25) is 0 Å². The molecule has 0 bridgehead atoms. The van der Waals surface area contributed by atoms with Crippen molar-refractivity contribution in [1.29, 1.82) is 0 Å². The molecule has 0 atom stereocenters. The number of benzene rings is 1. The fourth-order valence-electron chi connectivity index (χ4n) is 2.07. The first-order valence-electron chi connectivity index (χ1n) is 5.87. The lowest BCUT2D eigenvalue weighted by molar-refractivity contribution is 0.300. The molecule has 0 unspecified atom stereocenters. The lowest BCUT2D eigenvalue weighted by Gasteiger charge is -2.32. The maximum atomic E-state index is 13.6. The van der Waals surface area contributed by atoms with E-state index in [2.05, 4.69) is 0 Å². The zero-order valence-electron chi connectivity index (χ0n) is 10.6. The first-order chi connectivity index (χ1) is 8.41. The van der Waals surface area contributed by atoms with Gasteiger partial charge < -0.3 is 0 Å². The Morgan fingerprint density at radius 1 is 1.33 bits per heavy atom. The van der Waals surface area contributed by atoms with Crippen molar-refractivity contribution < 1.29 is 12.8 Å². The number of rotatable bonds is 2. The summed E-state index contributed by atoms with van der Waals surface area (Å²) >= 11 is 0. The Bertz CT molecular complexity index is 545. The Labute approximate surface area is 107 Å². The summed E-state index contributed by atoms with van der Waals surface area (Å²) in [5.74, 6) is -0.357. The molecular formula is C12H17FN2O2S. The van der Waals surface area contributed by atoms with Gasteiger partial charge in [0.2, 0.25) is 0 Å². The van der Waals surface area contributed by atoms with Crippen LogP contribution in [-0.4, -0.2) is 37.2 Å². The molecule has 0 radical (unpaired) electrons. The Hall–Kier alpha value is -0.980. The highest BCUT2D eigenvalue weighted by molar-refractivity contribution is 7.86. The third-order valence-electron chi connectivity index (χ3n) is 3.15. The van der Waals surface area contributed by atoms with Crippen LogP contribution >= 0.6 is 0 Å². The van der Waals surface area contributed by atoms with Gasteiger partial charge in [0.15, 0.2) is 0 Å². The molecule has 1 fully saturated rings. The first kappa shape index (κ1) is 13.5. The number of aryl methyl sites for hydroxylation is 1. The molecule has 0 spiro atoms. The second kappa shape index (κ2) is 4.95. The predicted octanol–water partition coefficient (Wildman–Crippen LogP) is 1.52. The van der Waals surface area contributed by atoms with Gasteiger partial charge >= 0.3 is 0 Å². The SMILES string of the molecule is Cc1ccc(F)c(CN2CCCN(C)S2(=O)=O)c1. The summed E-state index contributed by atoms with van der Waals surface area (Å²) in [5.41, 5.74) is 1.35. The van der Waals surface area contributed by atoms with Gasteiger partial charge in [-0.05, 0) is 19.4 Å². The van der Waals surface area contributed by atoms with Gasteiger partial charge in [0.25, 0.3) is 10.2 Å². The molecule has 1 aliphatic heterocycles. The Balaban J connectivity index is 2.25. The van der Waals surface area contributed by atoms with Crippen molar-refractivity contribution in [2.45, 2.75) is 19.9 Å². The summed E-state index contributed by atoms with van der Waals surface area (Å²) in [7, 11) is -1.88.